The molecule has 2 aromatic rings. The van der Waals surface area contributed by atoms with E-state index in [2.05, 4.69) is 10.3 Å². The summed E-state index contributed by atoms with van der Waals surface area (Å²) in [5, 5.41) is 23.1. The number of nitrogens with one attached hydrogen (secondary N) is 1. The van der Waals surface area contributed by atoms with Gasteiger partial charge in [0.25, 0.3) is 5.69 Å². The molecule has 104 valence electrons. The molecule has 0 saturated carbocycles. The minimum atomic E-state index is -0.450. The topological polar surface area (TPSA) is 88.3 Å². The molecule has 1 aromatic carbocycles. The third-order valence-electron chi connectivity index (χ3n) is 2.79. The number of pyridine rings is 1. The average molecular weight is 273 g/mol. The van der Waals surface area contributed by atoms with Crippen LogP contribution in [0.4, 0.5) is 11.5 Å². The number of aliphatic hydroxyl groups is 1. The van der Waals surface area contributed by atoms with Crippen LogP contribution in [-0.4, -0.2) is 27.7 Å². The van der Waals surface area contributed by atoms with Gasteiger partial charge in [-0.1, -0.05) is 30.3 Å². The van der Waals surface area contributed by atoms with Crippen molar-refractivity contribution in [2.45, 2.75) is 13.0 Å². The van der Waals surface area contributed by atoms with Crippen molar-refractivity contribution in [2.24, 2.45) is 0 Å². The molecule has 0 radical (unpaired) electrons. The molecule has 6 nitrogen and oxygen atoms in total. The minimum Gasteiger partial charge on any atom is -0.394 e. The van der Waals surface area contributed by atoms with Crippen LogP contribution in [0.3, 0.4) is 0 Å². The second kappa shape index (κ2) is 6.12. The van der Waals surface area contributed by atoms with Gasteiger partial charge in [-0.05, 0) is 13.0 Å². The number of aliphatic hydroxyl groups excluding tert-OH is 1. The normalized spacial score (nSPS) is 11.9. The molecule has 1 aromatic heterocycles. The Labute approximate surface area is 116 Å². The van der Waals surface area contributed by atoms with Crippen LogP contribution in [0.5, 0.6) is 0 Å². The minimum absolute atomic E-state index is 0.0423. The molecule has 20 heavy (non-hydrogen) atoms. The first-order valence-corrected chi connectivity index (χ1v) is 6.20. The summed E-state index contributed by atoms with van der Waals surface area (Å²) in [6.07, 6.45) is 0. The summed E-state index contributed by atoms with van der Waals surface area (Å²) in [5.74, 6) is 0.496. The quantitative estimate of drug-likeness (QED) is 0.645. The van der Waals surface area contributed by atoms with E-state index in [0.717, 1.165) is 0 Å². The van der Waals surface area contributed by atoms with Gasteiger partial charge >= 0.3 is 0 Å². The van der Waals surface area contributed by atoms with Crippen LogP contribution < -0.4 is 5.32 Å². The molecular weight excluding hydrogens is 258 g/mol. The number of aromatic nitrogens is 1. The largest absolute Gasteiger partial charge is 0.394 e. The van der Waals surface area contributed by atoms with E-state index in [1.165, 1.54) is 12.1 Å². The Hall–Kier alpha value is -2.47. The van der Waals surface area contributed by atoms with Gasteiger partial charge in [0.05, 0.1) is 11.5 Å². The average Bonchev–Trinajstić information content (AvgIpc) is 2.47. The van der Waals surface area contributed by atoms with Crippen LogP contribution >= 0.6 is 0 Å². The second-order valence-corrected chi connectivity index (χ2v) is 4.42. The van der Waals surface area contributed by atoms with Gasteiger partial charge in [0.2, 0.25) is 0 Å². The Kier molecular flexibility index (Phi) is 4.27. The highest BCUT2D eigenvalue weighted by Crippen LogP contribution is 2.29. The highest BCUT2D eigenvalue weighted by atomic mass is 16.6. The fourth-order valence-electron chi connectivity index (χ4n) is 1.79. The van der Waals surface area contributed by atoms with Gasteiger partial charge < -0.3 is 10.4 Å². The maximum atomic E-state index is 11.1. The van der Waals surface area contributed by atoms with Crippen LogP contribution in [-0.2, 0) is 0 Å². The molecule has 0 aliphatic carbocycles. The Morgan fingerprint density at radius 3 is 2.60 bits per heavy atom. The van der Waals surface area contributed by atoms with E-state index in [9.17, 15) is 10.1 Å². The predicted molar refractivity (Wildman–Crippen MR) is 76.5 cm³/mol. The van der Waals surface area contributed by atoms with Crippen molar-refractivity contribution >= 4 is 11.5 Å². The van der Waals surface area contributed by atoms with Gasteiger partial charge in [-0.15, -0.1) is 0 Å². The number of nitro groups is 1. The van der Waals surface area contributed by atoms with Crippen LogP contribution in [0.25, 0.3) is 11.3 Å². The molecule has 2 rings (SSSR count). The SMILES string of the molecule is CC(CO)Nc1ccc([N+](=O)[O-])c(-c2ccccc2)n1. The molecule has 0 fully saturated rings. The van der Waals surface area contributed by atoms with E-state index in [-0.39, 0.29) is 18.3 Å². The Bertz CT molecular complexity index is 602. The van der Waals surface area contributed by atoms with Crippen molar-refractivity contribution in [1.82, 2.24) is 4.98 Å². The summed E-state index contributed by atoms with van der Waals surface area (Å²) < 4.78 is 0. The first kappa shape index (κ1) is 14.0. The lowest BCUT2D eigenvalue weighted by Gasteiger charge is -2.12. The number of nitrogens with zero attached hydrogens (tertiary/aromatic N) is 2. The summed E-state index contributed by atoms with van der Waals surface area (Å²) in [7, 11) is 0. The summed E-state index contributed by atoms with van der Waals surface area (Å²) in [6, 6.07) is 11.8. The summed E-state index contributed by atoms with van der Waals surface area (Å²) in [4.78, 5) is 14.9. The van der Waals surface area contributed by atoms with Gasteiger partial charge in [-0.25, -0.2) is 4.98 Å². The van der Waals surface area contributed by atoms with Gasteiger partial charge in [-0.2, -0.15) is 0 Å². The lowest BCUT2D eigenvalue weighted by atomic mass is 10.1. The zero-order valence-electron chi connectivity index (χ0n) is 11.0. The van der Waals surface area contributed by atoms with Crippen LogP contribution in [0, 0.1) is 10.1 Å². The summed E-state index contributed by atoms with van der Waals surface area (Å²) in [6.45, 7) is 1.75. The van der Waals surface area contributed by atoms with Crippen molar-refractivity contribution in [3.05, 3.63) is 52.6 Å². The zero-order valence-corrected chi connectivity index (χ0v) is 11.0. The molecule has 0 aliphatic heterocycles. The summed E-state index contributed by atoms with van der Waals surface area (Å²) in [5.41, 5.74) is 0.948. The lowest BCUT2D eigenvalue weighted by molar-refractivity contribution is -0.384. The number of anilines is 1. The molecule has 2 N–H and O–H groups in total. The van der Waals surface area contributed by atoms with E-state index >= 15 is 0 Å². The standard InChI is InChI=1S/C14H15N3O3/c1-10(9-18)15-13-8-7-12(17(19)20)14(16-13)11-5-3-2-4-6-11/h2-8,10,18H,9H2,1H3,(H,15,16). The zero-order chi connectivity index (χ0) is 14.5. The van der Waals surface area contributed by atoms with Gasteiger partial charge in [-0.3, -0.25) is 10.1 Å². The molecule has 0 aliphatic rings. The maximum absolute atomic E-state index is 11.1. The van der Waals surface area contributed by atoms with Crippen molar-refractivity contribution < 1.29 is 10.0 Å². The van der Waals surface area contributed by atoms with Crippen LogP contribution in [0.15, 0.2) is 42.5 Å². The van der Waals surface area contributed by atoms with Crippen LogP contribution in [0.2, 0.25) is 0 Å². The third-order valence-corrected chi connectivity index (χ3v) is 2.79. The molecule has 1 heterocycles. The molecule has 1 atom stereocenters. The van der Waals surface area contributed by atoms with Gasteiger partial charge in [0, 0.05) is 17.7 Å². The molecular formula is C14H15N3O3. The smallest absolute Gasteiger partial charge is 0.295 e. The number of benzene rings is 1. The predicted octanol–water partition coefficient (Wildman–Crippen LogP) is 2.45. The van der Waals surface area contributed by atoms with Crippen LogP contribution in [0.1, 0.15) is 6.92 Å². The van der Waals surface area contributed by atoms with Crippen molar-refractivity contribution in [1.29, 1.82) is 0 Å². The lowest BCUT2D eigenvalue weighted by Crippen LogP contribution is -2.20. The fraction of sp³-hybridized carbons (Fsp3) is 0.214. The highest BCUT2D eigenvalue weighted by Gasteiger charge is 2.17. The van der Waals surface area contributed by atoms with Gasteiger partial charge in [0.15, 0.2) is 5.69 Å². The molecule has 0 amide bonds. The van der Waals surface area contributed by atoms with E-state index in [0.29, 0.717) is 17.1 Å². The monoisotopic (exact) mass is 273 g/mol. The number of hydrogen-bond donors (Lipinski definition) is 2. The molecule has 0 spiro atoms. The Balaban J connectivity index is 2.45. The first-order valence-electron chi connectivity index (χ1n) is 6.20. The molecule has 0 saturated heterocycles. The number of hydrogen-bond acceptors (Lipinski definition) is 5. The highest BCUT2D eigenvalue weighted by molar-refractivity contribution is 5.71. The number of rotatable bonds is 5. The third kappa shape index (κ3) is 3.10. The van der Waals surface area contributed by atoms with E-state index in [4.69, 9.17) is 5.11 Å². The van der Waals surface area contributed by atoms with E-state index < -0.39 is 4.92 Å². The summed E-state index contributed by atoms with van der Waals surface area (Å²) >= 11 is 0. The van der Waals surface area contributed by atoms with E-state index in [1.807, 2.05) is 6.07 Å². The van der Waals surface area contributed by atoms with Gasteiger partial charge in [0.1, 0.15) is 5.82 Å². The van der Waals surface area contributed by atoms with E-state index in [1.54, 1.807) is 31.2 Å². The first-order chi connectivity index (χ1) is 9.61. The molecule has 1 unspecified atom stereocenters. The Morgan fingerprint density at radius 1 is 1.30 bits per heavy atom. The van der Waals surface area contributed by atoms with Crippen molar-refractivity contribution in [3.63, 3.8) is 0 Å². The molecule has 0 bridgehead atoms. The second-order valence-electron chi connectivity index (χ2n) is 4.42. The maximum Gasteiger partial charge on any atom is 0.295 e. The fourth-order valence-corrected chi connectivity index (χ4v) is 1.79. The van der Waals surface area contributed by atoms with Crippen molar-refractivity contribution in [2.75, 3.05) is 11.9 Å². The van der Waals surface area contributed by atoms with Crippen molar-refractivity contribution in [3.8, 4) is 11.3 Å². The Morgan fingerprint density at radius 2 is 2.00 bits per heavy atom. The molecule has 6 heteroatoms.